The van der Waals surface area contributed by atoms with Crippen LogP contribution in [0.1, 0.15) is 37.6 Å². The van der Waals surface area contributed by atoms with Crippen molar-refractivity contribution < 1.29 is 9.59 Å². The standard InChI is InChI=1S/C17H16N6O2/c1-8-12(7-18)16(20-10(3)24)22-13(8)6-14-9(2)15(19-5)17(23-14)21-11(4)25/h6,22H,1-4H3,(H,20,24)(H,21,23,25). The molecule has 8 heteroatoms. The molecule has 25 heavy (non-hydrogen) atoms. The molecular weight excluding hydrogens is 320 g/mol. The van der Waals surface area contributed by atoms with Crippen molar-refractivity contribution in [2.45, 2.75) is 27.7 Å². The maximum Gasteiger partial charge on any atom is 0.233 e. The monoisotopic (exact) mass is 336 g/mol. The van der Waals surface area contributed by atoms with Gasteiger partial charge in [-0.1, -0.05) is 0 Å². The second-order valence-corrected chi connectivity index (χ2v) is 5.46. The van der Waals surface area contributed by atoms with Crippen LogP contribution in [0.4, 0.5) is 5.82 Å². The fourth-order valence-corrected chi connectivity index (χ4v) is 2.39. The predicted molar refractivity (Wildman–Crippen MR) is 93.1 cm³/mol. The lowest BCUT2D eigenvalue weighted by Crippen LogP contribution is -2.27. The molecule has 0 saturated heterocycles. The van der Waals surface area contributed by atoms with E-state index in [2.05, 4.69) is 31.5 Å². The number of hydrogen-bond acceptors (Lipinski definition) is 4. The van der Waals surface area contributed by atoms with Crippen LogP contribution >= 0.6 is 0 Å². The first-order chi connectivity index (χ1) is 11.8. The lowest BCUT2D eigenvalue weighted by atomic mass is 10.1. The molecule has 0 atom stereocenters. The minimum Gasteiger partial charge on any atom is -0.340 e. The average molecular weight is 336 g/mol. The lowest BCUT2D eigenvalue weighted by Gasteiger charge is -1.99. The van der Waals surface area contributed by atoms with Crippen molar-refractivity contribution >= 4 is 29.5 Å². The summed E-state index contributed by atoms with van der Waals surface area (Å²) in [6.45, 7) is 13.4. The van der Waals surface area contributed by atoms with E-state index in [4.69, 9.17) is 6.57 Å². The number of nitrogens with zero attached hydrogens (tertiary/aromatic N) is 3. The average Bonchev–Trinajstić information content (AvgIpc) is 2.96. The predicted octanol–water partition coefficient (Wildman–Crippen LogP) is 2.24. The van der Waals surface area contributed by atoms with Crippen LogP contribution < -0.4 is 10.6 Å². The Bertz CT molecular complexity index is 947. The Balaban J connectivity index is 2.53. The summed E-state index contributed by atoms with van der Waals surface area (Å²) in [6, 6.07) is 2.05. The SMILES string of the molecule is [C-]#[N+]C1=C(C)C(=Cc2[nH]c(NC(C)=O)c(C#N)c2C)N=C1NC(C)=O. The van der Waals surface area contributed by atoms with Crippen molar-refractivity contribution in [3.05, 3.63) is 45.2 Å². The van der Waals surface area contributed by atoms with E-state index < -0.39 is 0 Å². The molecule has 2 rings (SSSR count). The number of aromatic nitrogens is 1. The third-order valence-corrected chi connectivity index (χ3v) is 3.58. The van der Waals surface area contributed by atoms with Crippen molar-refractivity contribution in [3.8, 4) is 6.07 Å². The Hall–Kier alpha value is -3.65. The molecule has 2 heterocycles. The molecule has 0 unspecified atom stereocenters. The van der Waals surface area contributed by atoms with Gasteiger partial charge in [0.15, 0.2) is 0 Å². The number of amides is 2. The number of nitriles is 1. The van der Waals surface area contributed by atoms with Crippen LogP contribution in [-0.4, -0.2) is 22.6 Å². The summed E-state index contributed by atoms with van der Waals surface area (Å²) in [6.07, 6.45) is 1.68. The van der Waals surface area contributed by atoms with Crippen molar-refractivity contribution in [3.63, 3.8) is 0 Å². The van der Waals surface area contributed by atoms with Gasteiger partial charge < -0.3 is 15.6 Å². The maximum atomic E-state index is 11.3. The number of carbonyl (C=O) groups is 2. The molecule has 0 bridgehead atoms. The number of allylic oxidation sites excluding steroid dienone is 1. The maximum absolute atomic E-state index is 11.3. The smallest absolute Gasteiger partial charge is 0.233 e. The van der Waals surface area contributed by atoms with Gasteiger partial charge in [-0.25, -0.2) is 9.84 Å². The lowest BCUT2D eigenvalue weighted by molar-refractivity contribution is -0.117. The van der Waals surface area contributed by atoms with Gasteiger partial charge in [0, 0.05) is 19.5 Å². The quantitative estimate of drug-likeness (QED) is 0.719. The Morgan fingerprint density at radius 2 is 1.92 bits per heavy atom. The van der Waals surface area contributed by atoms with Crippen LogP contribution in [-0.2, 0) is 9.59 Å². The third-order valence-electron chi connectivity index (χ3n) is 3.58. The van der Waals surface area contributed by atoms with Gasteiger partial charge in [0.1, 0.15) is 17.7 Å². The van der Waals surface area contributed by atoms with E-state index in [0.717, 1.165) is 0 Å². The Labute approximate surface area is 144 Å². The number of rotatable bonds is 2. The van der Waals surface area contributed by atoms with Gasteiger partial charge in [0.25, 0.3) is 0 Å². The number of amidine groups is 1. The molecule has 8 nitrogen and oxygen atoms in total. The fraction of sp³-hybridized carbons (Fsp3) is 0.235. The molecule has 0 aromatic carbocycles. The van der Waals surface area contributed by atoms with E-state index >= 15 is 0 Å². The molecule has 3 N–H and O–H groups in total. The molecule has 0 aliphatic carbocycles. The van der Waals surface area contributed by atoms with E-state index in [-0.39, 0.29) is 23.3 Å². The highest BCUT2D eigenvalue weighted by Gasteiger charge is 2.23. The first kappa shape index (κ1) is 17.7. The Morgan fingerprint density at radius 1 is 1.28 bits per heavy atom. The number of carbonyl (C=O) groups excluding carboxylic acids is 2. The topological polar surface area (TPSA) is 114 Å². The minimum absolute atomic E-state index is 0.207. The molecule has 0 fully saturated rings. The Kier molecular flexibility index (Phi) is 4.85. The molecular formula is C17H16N6O2. The number of H-pyrrole nitrogens is 1. The summed E-state index contributed by atoms with van der Waals surface area (Å²) in [7, 11) is 0. The first-order valence-electron chi connectivity index (χ1n) is 7.35. The molecule has 1 aromatic rings. The van der Waals surface area contributed by atoms with Crippen LogP contribution in [0, 0.1) is 24.8 Å². The van der Waals surface area contributed by atoms with Gasteiger partial charge in [-0.3, -0.25) is 9.59 Å². The first-order valence-corrected chi connectivity index (χ1v) is 7.35. The second-order valence-electron chi connectivity index (χ2n) is 5.46. The van der Waals surface area contributed by atoms with Crippen molar-refractivity contribution in [2.75, 3.05) is 5.32 Å². The fourth-order valence-electron chi connectivity index (χ4n) is 2.39. The van der Waals surface area contributed by atoms with Crippen molar-refractivity contribution in [1.29, 1.82) is 5.26 Å². The van der Waals surface area contributed by atoms with E-state index in [9.17, 15) is 14.9 Å². The zero-order chi connectivity index (χ0) is 18.7. The van der Waals surface area contributed by atoms with Crippen LogP contribution in [0.15, 0.2) is 22.0 Å². The highest BCUT2D eigenvalue weighted by molar-refractivity contribution is 6.12. The zero-order valence-electron chi connectivity index (χ0n) is 14.2. The summed E-state index contributed by atoms with van der Waals surface area (Å²) in [5, 5.41) is 14.4. The van der Waals surface area contributed by atoms with Gasteiger partial charge in [0.05, 0.1) is 17.8 Å². The summed E-state index contributed by atoms with van der Waals surface area (Å²) in [5.41, 5.74) is 2.96. The van der Waals surface area contributed by atoms with Gasteiger partial charge >= 0.3 is 0 Å². The van der Waals surface area contributed by atoms with E-state index in [1.807, 2.05) is 0 Å². The van der Waals surface area contributed by atoms with Crippen LogP contribution in [0.25, 0.3) is 10.9 Å². The minimum atomic E-state index is -0.315. The Morgan fingerprint density at radius 3 is 2.44 bits per heavy atom. The summed E-state index contributed by atoms with van der Waals surface area (Å²) in [4.78, 5) is 33.2. The summed E-state index contributed by atoms with van der Waals surface area (Å²) >= 11 is 0. The van der Waals surface area contributed by atoms with Crippen LogP contribution in [0.2, 0.25) is 0 Å². The molecule has 1 aliphatic heterocycles. The molecule has 126 valence electrons. The highest BCUT2D eigenvalue weighted by Crippen LogP contribution is 2.30. The van der Waals surface area contributed by atoms with Gasteiger partial charge in [-0.2, -0.15) is 5.26 Å². The van der Waals surface area contributed by atoms with E-state index in [1.165, 1.54) is 13.8 Å². The van der Waals surface area contributed by atoms with Gasteiger partial charge in [-0.05, 0) is 31.1 Å². The molecule has 0 radical (unpaired) electrons. The molecule has 0 spiro atoms. The molecule has 2 amide bonds. The van der Waals surface area contributed by atoms with Crippen molar-refractivity contribution in [2.24, 2.45) is 4.99 Å². The highest BCUT2D eigenvalue weighted by atomic mass is 16.2. The zero-order valence-corrected chi connectivity index (χ0v) is 14.2. The number of nitrogens with one attached hydrogen (secondary N) is 3. The number of anilines is 1. The van der Waals surface area contributed by atoms with Gasteiger partial charge in [0.2, 0.25) is 17.5 Å². The van der Waals surface area contributed by atoms with Gasteiger partial charge in [-0.15, -0.1) is 0 Å². The number of hydrogen-bond donors (Lipinski definition) is 3. The number of aromatic amines is 1. The second kappa shape index (κ2) is 6.85. The van der Waals surface area contributed by atoms with E-state index in [1.54, 1.807) is 19.9 Å². The van der Waals surface area contributed by atoms with Crippen LogP contribution in [0.5, 0.6) is 0 Å². The van der Waals surface area contributed by atoms with Crippen molar-refractivity contribution in [1.82, 2.24) is 10.3 Å². The summed E-state index contributed by atoms with van der Waals surface area (Å²) in [5.74, 6) is -0.0895. The largest absolute Gasteiger partial charge is 0.340 e. The molecule has 1 aromatic heterocycles. The van der Waals surface area contributed by atoms with Crippen LogP contribution in [0.3, 0.4) is 0 Å². The normalized spacial score (nSPS) is 14.8. The molecule has 1 aliphatic rings. The molecule has 0 saturated carbocycles. The third kappa shape index (κ3) is 3.48. The number of aliphatic imine (C=N–C) groups is 1. The van der Waals surface area contributed by atoms with E-state index in [0.29, 0.717) is 33.9 Å². The summed E-state index contributed by atoms with van der Waals surface area (Å²) < 4.78 is 0.